The highest BCUT2D eigenvalue weighted by Gasteiger charge is 2.33. The minimum Gasteiger partial charge on any atom is -0.463 e. The molecule has 0 saturated carbocycles. The first kappa shape index (κ1) is 14.3. The molecule has 0 unspecified atom stereocenters. The first-order valence-corrected chi connectivity index (χ1v) is 7.05. The third-order valence-corrected chi connectivity index (χ3v) is 3.86. The van der Waals surface area contributed by atoms with Crippen LogP contribution in [0.4, 0.5) is 0 Å². The van der Waals surface area contributed by atoms with E-state index in [0.717, 1.165) is 25.0 Å². The van der Waals surface area contributed by atoms with Gasteiger partial charge in [0.15, 0.2) is 5.78 Å². The second-order valence-electron chi connectivity index (χ2n) is 6.59. The standard InChI is InChI=1S/C16H24O3/c1-10(17)12-9-14(18-11(12)2)13-7-6-8-15(19-13)16(3,4)5/h9,13,15H,6-8H2,1-5H3/t13-,15+/m1/s1. The summed E-state index contributed by atoms with van der Waals surface area (Å²) < 4.78 is 11.9. The fourth-order valence-electron chi connectivity index (χ4n) is 2.68. The second kappa shape index (κ2) is 5.12. The summed E-state index contributed by atoms with van der Waals surface area (Å²) in [6.07, 6.45) is 3.44. The van der Waals surface area contributed by atoms with Crippen LogP contribution in [0.2, 0.25) is 0 Å². The zero-order chi connectivity index (χ0) is 14.2. The van der Waals surface area contributed by atoms with Crippen LogP contribution in [0.25, 0.3) is 0 Å². The summed E-state index contributed by atoms with van der Waals surface area (Å²) in [5.74, 6) is 1.55. The Morgan fingerprint density at radius 1 is 1.32 bits per heavy atom. The van der Waals surface area contributed by atoms with Crippen molar-refractivity contribution in [2.75, 3.05) is 0 Å². The lowest BCUT2D eigenvalue weighted by atomic mass is 9.84. The van der Waals surface area contributed by atoms with Gasteiger partial charge >= 0.3 is 0 Å². The lowest BCUT2D eigenvalue weighted by molar-refractivity contribution is -0.107. The fraction of sp³-hybridized carbons (Fsp3) is 0.688. The number of hydrogen-bond acceptors (Lipinski definition) is 3. The van der Waals surface area contributed by atoms with Crippen LogP contribution < -0.4 is 0 Å². The molecule has 0 aliphatic carbocycles. The van der Waals surface area contributed by atoms with E-state index in [4.69, 9.17) is 9.15 Å². The van der Waals surface area contributed by atoms with Crippen molar-refractivity contribution in [2.24, 2.45) is 5.41 Å². The molecular weight excluding hydrogens is 240 g/mol. The van der Waals surface area contributed by atoms with E-state index in [1.807, 2.05) is 13.0 Å². The van der Waals surface area contributed by atoms with E-state index in [-0.39, 0.29) is 23.4 Å². The van der Waals surface area contributed by atoms with E-state index in [9.17, 15) is 4.79 Å². The molecule has 1 saturated heterocycles. The zero-order valence-corrected chi connectivity index (χ0v) is 12.6. The maximum absolute atomic E-state index is 11.5. The van der Waals surface area contributed by atoms with Crippen molar-refractivity contribution in [2.45, 2.75) is 66.1 Å². The van der Waals surface area contributed by atoms with Gasteiger partial charge in [-0.3, -0.25) is 4.79 Å². The number of carbonyl (C=O) groups is 1. The first-order valence-electron chi connectivity index (χ1n) is 7.05. The largest absolute Gasteiger partial charge is 0.463 e. The van der Waals surface area contributed by atoms with Crippen LogP contribution in [0.5, 0.6) is 0 Å². The number of ketones is 1. The van der Waals surface area contributed by atoms with E-state index in [0.29, 0.717) is 11.3 Å². The van der Waals surface area contributed by atoms with Crippen molar-refractivity contribution in [3.63, 3.8) is 0 Å². The Bertz CT molecular complexity index is 465. The number of hydrogen-bond donors (Lipinski definition) is 0. The summed E-state index contributed by atoms with van der Waals surface area (Å²) in [5, 5.41) is 0. The van der Waals surface area contributed by atoms with Gasteiger partial charge in [0.2, 0.25) is 0 Å². The molecule has 1 aromatic rings. The average Bonchev–Trinajstić information content (AvgIpc) is 2.70. The van der Waals surface area contributed by atoms with Crippen molar-refractivity contribution < 1.29 is 13.9 Å². The lowest BCUT2D eigenvalue weighted by Gasteiger charge is -2.37. The lowest BCUT2D eigenvalue weighted by Crippen LogP contribution is -2.33. The molecule has 106 valence electrons. The third kappa shape index (κ3) is 3.08. The summed E-state index contributed by atoms with van der Waals surface area (Å²) >= 11 is 0. The van der Waals surface area contributed by atoms with Gasteiger partial charge in [0.25, 0.3) is 0 Å². The molecule has 0 amide bonds. The Morgan fingerprint density at radius 3 is 2.53 bits per heavy atom. The number of carbonyl (C=O) groups excluding carboxylic acids is 1. The quantitative estimate of drug-likeness (QED) is 0.741. The zero-order valence-electron chi connectivity index (χ0n) is 12.6. The Labute approximate surface area is 115 Å². The molecule has 0 aromatic carbocycles. The van der Waals surface area contributed by atoms with Gasteiger partial charge in [-0.25, -0.2) is 0 Å². The molecule has 3 heteroatoms. The van der Waals surface area contributed by atoms with Crippen LogP contribution >= 0.6 is 0 Å². The topological polar surface area (TPSA) is 39.4 Å². The molecule has 0 radical (unpaired) electrons. The van der Waals surface area contributed by atoms with E-state index >= 15 is 0 Å². The molecule has 19 heavy (non-hydrogen) atoms. The van der Waals surface area contributed by atoms with Gasteiger partial charge in [0.05, 0.1) is 11.7 Å². The van der Waals surface area contributed by atoms with Crippen molar-refractivity contribution in [1.29, 1.82) is 0 Å². The maximum Gasteiger partial charge on any atom is 0.163 e. The molecular formula is C16H24O3. The van der Waals surface area contributed by atoms with Crippen molar-refractivity contribution in [1.82, 2.24) is 0 Å². The summed E-state index contributed by atoms with van der Waals surface area (Å²) in [4.78, 5) is 11.5. The fourth-order valence-corrected chi connectivity index (χ4v) is 2.68. The normalized spacial score (nSPS) is 24.5. The molecule has 2 rings (SSSR count). The first-order chi connectivity index (χ1) is 8.79. The van der Waals surface area contributed by atoms with Gasteiger partial charge in [0.1, 0.15) is 17.6 Å². The highest BCUT2D eigenvalue weighted by atomic mass is 16.5. The molecule has 0 N–H and O–H groups in total. The van der Waals surface area contributed by atoms with Crippen LogP contribution in [-0.4, -0.2) is 11.9 Å². The Hall–Kier alpha value is -1.09. The Balaban J connectivity index is 2.18. The van der Waals surface area contributed by atoms with E-state index < -0.39 is 0 Å². The molecule has 1 aliphatic rings. The SMILES string of the molecule is CC(=O)c1cc([C@H]2CCC[C@@H](C(C)(C)C)O2)oc1C. The van der Waals surface area contributed by atoms with Gasteiger partial charge in [-0.1, -0.05) is 20.8 Å². The number of aryl methyl sites for hydroxylation is 1. The van der Waals surface area contributed by atoms with Crippen molar-refractivity contribution >= 4 is 5.78 Å². The van der Waals surface area contributed by atoms with Crippen LogP contribution in [0, 0.1) is 12.3 Å². The molecule has 0 spiro atoms. The van der Waals surface area contributed by atoms with Crippen LogP contribution in [0.1, 0.15) is 74.9 Å². The molecule has 2 atom stereocenters. The molecule has 2 heterocycles. The predicted octanol–water partition coefficient (Wildman–Crippen LogP) is 4.45. The van der Waals surface area contributed by atoms with E-state index in [1.165, 1.54) is 0 Å². The van der Waals surface area contributed by atoms with E-state index in [1.54, 1.807) is 6.92 Å². The summed E-state index contributed by atoms with van der Waals surface area (Å²) in [7, 11) is 0. The van der Waals surface area contributed by atoms with Crippen molar-refractivity contribution in [3.05, 3.63) is 23.2 Å². The minimum atomic E-state index is -0.00947. The second-order valence-corrected chi connectivity index (χ2v) is 6.59. The average molecular weight is 264 g/mol. The molecule has 1 aliphatic heterocycles. The van der Waals surface area contributed by atoms with Crippen LogP contribution in [-0.2, 0) is 4.74 Å². The van der Waals surface area contributed by atoms with E-state index in [2.05, 4.69) is 20.8 Å². The summed E-state index contributed by atoms with van der Waals surface area (Å²) in [6, 6.07) is 1.85. The van der Waals surface area contributed by atoms with Gasteiger partial charge in [-0.05, 0) is 44.6 Å². The van der Waals surface area contributed by atoms with Gasteiger partial charge in [-0.2, -0.15) is 0 Å². The Kier molecular flexibility index (Phi) is 3.86. The van der Waals surface area contributed by atoms with Crippen LogP contribution in [0.3, 0.4) is 0 Å². The highest BCUT2D eigenvalue weighted by Crippen LogP contribution is 2.39. The molecule has 3 nitrogen and oxygen atoms in total. The Morgan fingerprint density at radius 2 is 2.00 bits per heavy atom. The number of Topliss-reactive ketones (excluding diaryl/α,β-unsaturated/α-hetero) is 1. The number of furan rings is 1. The van der Waals surface area contributed by atoms with Gasteiger partial charge < -0.3 is 9.15 Å². The predicted molar refractivity (Wildman–Crippen MR) is 74.4 cm³/mol. The summed E-state index contributed by atoms with van der Waals surface area (Å²) in [5.41, 5.74) is 0.820. The van der Waals surface area contributed by atoms with Crippen LogP contribution in [0.15, 0.2) is 10.5 Å². The number of rotatable bonds is 2. The number of ether oxygens (including phenoxy) is 1. The summed E-state index contributed by atoms with van der Waals surface area (Å²) in [6.45, 7) is 10.0. The molecule has 1 aromatic heterocycles. The minimum absolute atomic E-state index is 0.00947. The molecule has 0 bridgehead atoms. The smallest absolute Gasteiger partial charge is 0.163 e. The van der Waals surface area contributed by atoms with Gasteiger partial charge in [-0.15, -0.1) is 0 Å². The molecule has 1 fully saturated rings. The monoisotopic (exact) mass is 264 g/mol. The highest BCUT2D eigenvalue weighted by molar-refractivity contribution is 5.95. The van der Waals surface area contributed by atoms with Gasteiger partial charge in [0, 0.05) is 0 Å². The van der Waals surface area contributed by atoms with Crippen molar-refractivity contribution in [3.8, 4) is 0 Å². The third-order valence-electron chi connectivity index (χ3n) is 3.86. The maximum atomic E-state index is 11.5.